The highest BCUT2D eigenvalue weighted by Crippen LogP contribution is 2.23. The zero-order valence-corrected chi connectivity index (χ0v) is 13.0. The molecule has 21 heavy (non-hydrogen) atoms. The number of hydrogen-bond donors (Lipinski definition) is 1. The van der Waals surface area contributed by atoms with Crippen molar-refractivity contribution >= 4 is 21.9 Å². The Bertz CT molecular complexity index is 670. The minimum Gasteiger partial charge on any atom is -0.478 e. The Kier molecular flexibility index (Phi) is 4.03. The third-order valence-corrected chi connectivity index (χ3v) is 4.22. The molecule has 2 aromatic rings. The summed E-state index contributed by atoms with van der Waals surface area (Å²) in [7, 11) is 0. The first kappa shape index (κ1) is 14.2. The molecule has 1 aromatic carbocycles. The number of rotatable bonds is 3. The van der Waals surface area contributed by atoms with Crippen molar-refractivity contribution in [3.8, 4) is 0 Å². The lowest BCUT2D eigenvalue weighted by Gasteiger charge is -2.29. The van der Waals surface area contributed by atoms with E-state index in [0.29, 0.717) is 5.56 Å². The van der Waals surface area contributed by atoms with Gasteiger partial charge in [0.25, 0.3) is 0 Å². The normalized spacial score (nSPS) is 14.7. The van der Waals surface area contributed by atoms with Crippen LogP contribution in [0.3, 0.4) is 0 Å². The second kappa shape index (κ2) is 5.95. The highest BCUT2D eigenvalue weighted by Gasteiger charge is 2.21. The zero-order chi connectivity index (χ0) is 14.8. The molecule has 1 aliphatic heterocycles. The van der Waals surface area contributed by atoms with Gasteiger partial charge in [0.05, 0.1) is 11.3 Å². The van der Waals surface area contributed by atoms with Crippen molar-refractivity contribution in [2.45, 2.75) is 19.5 Å². The molecule has 0 saturated carbocycles. The predicted octanol–water partition coefficient (Wildman–Crippen LogP) is 3.10. The molecule has 1 aliphatic rings. The van der Waals surface area contributed by atoms with Gasteiger partial charge in [-0.25, -0.2) is 4.79 Å². The van der Waals surface area contributed by atoms with Crippen LogP contribution in [-0.2, 0) is 19.5 Å². The van der Waals surface area contributed by atoms with Crippen molar-refractivity contribution in [2.75, 3.05) is 6.54 Å². The van der Waals surface area contributed by atoms with Gasteiger partial charge in [0.2, 0.25) is 0 Å². The van der Waals surface area contributed by atoms with Crippen LogP contribution in [0, 0.1) is 0 Å². The maximum Gasteiger partial charge on any atom is 0.335 e. The predicted molar refractivity (Wildman–Crippen MR) is 83.2 cm³/mol. The Labute approximate surface area is 131 Å². The van der Waals surface area contributed by atoms with Crippen LogP contribution in [0.4, 0.5) is 0 Å². The van der Waals surface area contributed by atoms with E-state index in [0.717, 1.165) is 47.3 Å². The van der Waals surface area contributed by atoms with E-state index >= 15 is 0 Å². The Balaban J connectivity index is 1.77. The summed E-state index contributed by atoms with van der Waals surface area (Å²) in [5, 5.41) is 9.24. The highest BCUT2D eigenvalue weighted by atomic mass is 79.9. The van der Waals surface area contributed by atoms with Gasteiger partial charge in [-0.15, -0.1) is 0 Å². The van der Waals surface area contributed by atoms with Crippen LogP contribution < -0.4 is 0 Å². The number of aromatic carboxylic acids is 1. The molecular formula is C16H15BrN2O2. The molecule has 5 heteroatoms. The summed E-state index contributed by atoms with van der Waals surface area (Å²) in [6, 6.07) is 9.52. The number of carbonyl (C=O) groups is 1. The second-order valence-corrected chi connectivity index (χ2v) is 6.09. The van der Waals surface area contributed by atoms with Gasteiger partial charge < -0.3 is 5.11 Å². The van der Waals surface area contributed by atoms with Gasteiger partial charge in [-0.05, 0) is 51.7 Å². The smallest absolute Gasteiger partial charge is 0.335 e. The van der Waals surface area contributed by atoms with Crippen LogP contribution >= 0.6 is 15.9 Å². The van der Waals surface area contributed by atoms with Crippen molar-refractivity contribution in [3.05, 3.63) is 63.4 Å². The van der Waals surface area contributed by atoms with Gasteiger partial charge in [-0.2, -0.15) is 0 Å². The van der Waals surface area contributed by atoms with E-state index in [2.05, 4.69) is 25.8 Å². The largest absolute Gasteiger partial charge is 0.478 e. The quantitative estimate of drug-likeness (QED) is 0.927. The summed E-state index contributed by atoms with van der Waals surface area (Å²) in [4.78, 5) is 17.9. The van der Waals surface area contributed by atoms with E-state index in [9.17, 15) is 9.90 Å². The third kappa shape index (κ3) is 3.14. The van der Waals surface area contributed by atoms with Crippen LogP contribution in [0.25, 0.3) is 0 Å². The average molecular weight is 347 g/mol. The molecule has 0 atom stereocenters. The van der Waals surface area contributed by atoms with Gasteiger partial charge in [0.1, 0.15) is 0 Å². The summed E-state index contributed by atoms with van der Waals surface area (Å²) in [5.41, 5.74) is 3.55. The van der Waals surface area contributed by atoms with Gasteiger partial charge >= 0.3 is 5.97 Å². The number of carboxylic acid groups (broad SMARTS) is 1. The van der Waals surface area contributed by atoms with E-state index in [1.807, 2.05) is 24.3 Å². The fourth-order valence-electron chi connectivity index (χ4n) is 2.73. The van der Waals surface area contributed by atoms with E-state index in [1.165, 1.54) is 0 Å². The van der Waals surface area contributed by atoms with Crippen LogP contribution in [0.2, 0.25) is 0 Å². The topological polar surface area (TPSA) is 53.4 Å². The van der Waals surface area contributed by atoms with Crippen LogP contribution in [0.5, 0.6) is 0 Å². The molecule has 1 N–H and O–H groups in total. The SMILES string of the molecule is O=C(O)c1cccc2c1CCN(Cc1ccc(Br)cn1)C2. The molecule has 3 rings (SSSR count). The minimum atomic E-state index is -0.838. The number of pyridine rings is 1. The van der Waals surface area contributed by atoms with E-state index in [4.69, 9.17) is 0 Å². The summed E-state index contributed by atoms with van der Waals surface area (Å²) in [6.45, 7) is 2.41. The lowest BCUT2D eigenvalue weighted by Crippen LogP contribution is -2.31. The number of nitrogens with zero attached hydrogens (tertiary/aromatic N) is 2. The Morgan fingerprint density at radius 1 is 1.33 bits per heavy atom. The molecule has 0 fully saturated rings. The summed E-state index contributed by atoms with van der Waals surface area (Å²) >= 11 is 3.38. The van der Waals surface area contributed by atoms with E-state index in [1.54, 1.807) is 12.3 Å². The number of carboxylic acids is 1. The average Bonchev–Trinajstić information content (AvgIpc) is 2.48. The van der Waals surface area contributed by atoms with Crippen molar-refractivity contribution in [2.24, 2.45) is 0 Å². The van der Waals surface area contributed by atoms with Crippen LogP contribution in [0.1, 0.15) is 27.2 Å². The Hall–Kier alpha value is -1.72. The van der Waals surface area contributed by atoms with E-state index < -0.39 is 5.97 Å². The first-order valence-electron chi connectivity index (χ1n) is 6.80. The van der Waals surface area contributed by atoms with Crippen molar-refractivity contribution < 1.29 is 9.90 Å². The lowest BCUT2D eigenvalue weighted by molar-refractivity contribution is 0.0694. The number of fused-ring (bicyclic) bond motifs is 1. The molecule has 0 unspecified atom stereocenters. The van der Waals surface area contributed by atoms with Crippen LogP contribution in [0.15, 0.2) is 41.0 Å². The van der Waals surface area contributed by atoms with E-state index in [-0.39, 0.29) is 0 Å². The lowest BCUT2D eigenvalue weighted by atomic mass is 9.94. The third-order valence-electron chi connectivity index (χ3n) is 3.75. The fraction of sp³-hybridized carbons (Fsp3) is 0.250. The van der Waals surface area contributed by atoms with Gasteiger partial charge in [0, 0.05) is 30.3 Å². The van der Waals surface area contributed by atoms with Crippen molar-refractivity contribution in [3.63, 3.8) is 0 Å². The van der Waals surface area contributed by atoms with Crippen LogP contribution in [-0.4, -0.2) is 27.5 Å². The van der Waals surface area contributed by atoms with Gasteiger partial charge in [-0.1, -0.05) is 12.1 Å². The van der Waals surface area contributed by atoms with Crippen molar-refractivity contribution in [1.82, 2.24) is 9.88 Å². The molecule has 0 amide bonds. The summed E-state index contributed by atoms with van der Waals surface area (Å²) in [6.07, 6.45) is 2.57. The first-order valence-corrected chi connectivity index (χ1v) is 7.59. The van der Waals surface area contributed by atoms with Gasteiger partial charge in [-0.3, -0.25) is 9.88 Å². The molecule has 2 heterocycles. The first-order chi connectivity index (χ1) is 10.1. The monoisotopic (exact) mass is 346 g/mol. The number of halogens is 1. The molecule has 0 aliphatic carbocycles. The van der Waals surface area contributed by atoms with Gasteiger partial charge in [0.15, 0.2) is 0 Å². The Morgan fingerprint density at radius 2 is 2.19 bits per heavy atom. The molecule has 0 saturated heterocycles. The molecule has 1 aromatic heterocycles. The Morgan fingerprint density at radius 3 is 2.90 bits per heavy atom. The number of aromatic nitrogens is 1. The molecule has 0 spiro atoms. The number of hydrogen-bond acceptors (Lipinski definition) is 3. The summed E-state index contributed by atoms with van der Waals surface area (Å²) < 4.78 is 0.973. The molecular weight excluding hydrogens is 332 g/mol. The fourth-order valence-corrected chi connectivity index (χ4v) is 2.97. The van der Waals surface area contributed by atoms with Crippen molar-refractivity contribution in [1.29, 1.82) is 0 Å². The second-order valence-electron chi connectivity index (χ2n) is 5.18. The molecule has 0 bridgehead atoms. The minimum absolute atomic E-state index is 0.439. The maximum atomic E-state index is 11.2. The summed E-state index contributed by atoms with van der Waals surface area (Å²) in [5.74, 6) is -0.838. The zero-order valence-electron chi connectivity index (χ0n) is 11.4. The molecule has 0 radical (unpaired) electrons. The molecule has 4 nitrogen and oxygen atoms in total. The maximum absolute atomic E-state index is 11.2. The highest BCUT2D eigenvalue weighted by molar-refractivity contribution is 9.10. The standard InChI is InChI=1S/C16H15BrN2O2/c17-12-4-5-13(18-8-12)10-19-7-6-14-11(9-19)2-1-3-15(14)16(20)21/h1-5,8H,6-7,9-10H2,(H,20,21). The number of benzene rings is 1. The molecule has 108 valence electrons.